The first-order valence-electron chi connectivity index (χ1n) is 7.02. The minimum Gasteiger partial charge on any atom is -0.450 e. The molecular weight excluding hydrogens is 270 g/mol. The summed E-state index contributed by atoms with van der Waals surface area (Å²) >= 11 is 0. The molecule has 1 saturated heterocycles. The number of hydrogen-bond donors (Lipinski definition) is 0. The number of amides is 1. The number of hydrogen-bond acceptors (Lipinski definition) is 5. The zero-order valence-corrected chi connectivity index (χ0v) is 11.8. The molecule has 2 heterocycles. The van der Waals surface area contributed by atoms with Gasteiger partial charge in [-0.25, -0.2) is 4.79 Å². The topological polar surface area (TPSA) is 68.5 Å². The predicted molar refractivity (Wildman–Crippen MR) is 74.8 cm³/mol. The Kier molecular flexibility index (Phi) is 3.85. The summed E-state index contributed by atoms with van der Waals surface area (Å²) in [4.78, 5) is 17.8. The first-order valence-corrected chi connectivity index (χ1v) is 7.02. The van der Waals surface area contributed by atoms with Crippen LogP contribution < -0.4 is 0 Å². The fourth-order valence-electron chi connectivity index (χ4n) is 2.81. The average Bonchev–Trinajstić information content (AvgIpc) is 3.17. The molecule has 110 valence electrons. The largest absolute Gasteiger partial charge is 0.450 e. The number of carbonyl (C=O) groups is 1. The third kappa shape index (κ3) is 2.74. The van der Waals surface area contributed by atoms with Gasteiger partial charge in [0.15, 0.2) is 5.82 Å². The molecule has 1 aliphatic rings. The van der Waals surface area contributed by atoms with E-state index in [0.29, 0.717) is 25.5 Å². The van der Waals surface area contributed by atoms with Gasteiger partial charge in [0.1, 0.15) is 0 Å². The van der Waals surface area contributed by atoms with E-state index in [4.69, 9.17) is 9.26 Å². The predicted octanol–water partition coefficient (Wildman–Crippen LogP) is 2.41. The van der Waals surface area contributed by atoms with E-state index in [1.165, 1.54) is 12.0 Å². The smallest absolute Gasteiger partial charge is 0.409 e. The molecule has 0 saturated carbocycles. The molecule has 0 bridgehead atoms. The van der Waals surface area contributed by atoms with Gasteiger partial charge in [-0.2, -0.15) is 4.98 Å². The van der Waals surface area contributed by atoms with Gasteiger partial charge < -0.3 is 14.2 Å². The summed E-state index contributed by atoms with van der Waals surface area (Å²) in [6.45, 7) is 3.32. The van der Waals surface area contributed by atoms with Crippen LogP contribution in [0.2, 0.25) is 0 Å². The van der Waals surface area contributed by atoms with Crippen molar-refractivity contribution >= 4 is 6.09 Å². The molecule has 6 nitrogen and oxygen atoms in total. The maximum atomic E-state index is 12.0. The van der Waals surface area contributed by atoms with E-state index in [1.54, 1.807) is 11.8 Å². The van der Waals surface area contributed by atoms with Gasteiger partial charge in [-0.15, -0.1) is 0 Å². The molecule has 2 atom stereocenters. The van der Waals surface area contributed by atoms with E-state index in [1.807, 2.05) is 18.2 Å². The maximum absolute atomic E-state index is 12.0. The molecule has 1 aliphatic heterocycles. The summed E-state index contributed by atoms with van der Waals surface area (Å²) in [5, 5.41) is 3.95. The van der Waals surface area contributed by atoms with Crippen LogP contribution in [0.25, 0.3) is 0 Å². The second kappa shape index (κ2) is 5.95. The number of aromatic nitrogens is 2. The zero-order valence-electron chi connectivity index (χ0n) is 11.8. The van der Waals surface area contributed by atoms with Crippen LogP contribution in [0.3, 0.4) is 0 Å². The third-order valence-corrected chi connectivity index (χ3v) is 3.78. The highest BCUT2D eigenvalue weighted by atomic mass is 16.6. The van der Waals surface area contributed by atoms with Gasteiger partial charge in [0, 0.05) is 24.9 Å². The molecule has 1 aromatic heterocycles. The summed E-state index contributed by atoms with van der Waals surface area (Å²) in [5.41, 5.74) is 1.17. The van der Waals surface area contributed by atoms with Crippen LogP contribution in [0.15, 0.2) is 41.2 Å². The van der Waals surface area contributed by atoms with Crippen LogP contribution >= 0.6 is 0 Å². The van der Waals surface area contributed by atoms with E-state index in [-0.39, 0.29) is 17.9 Å². The Morgan fingerprint density at radius 3 is 2.76 bits per heavy atom. The molecular formula is C15H17N3O3. The lowest BCUT2D eigenvalue weighted by atomic mass is 9.88. The second-order valence-electron chi connectivity index (χ2n) is 5.02. The van der Waals surface area contributed by atoms with Crippen molar-refractivity contribution in [2.24, 2.45) is 0 Å². The molecule has 0 aliphatic carbocycles. The normalized spacial score (nSPS) is 21.5. The summed E-state index contributed by atoms with van der Waals surface area (Å²) in [7, 11) is 0. The van der Waals surface area contributed by atoms with Gasteiger partial charge in [-0.05, 0) is 12.5 Å². The van der Waals surface area contributed by atoms with Crippen molar-refractivity contribution in [1.29, 1.82) is 0 Å². The van der Waals surface area contributed by atoms with Crippen LogP contribution in [0.4, 0.5) is 4.79 Å². The van der Waals surface area contributed by atoms with E-state index < -0.39 is 0 Å². The van der Waals surface area contributed by atoms with Gasteiger partial charge in [0.05, 0.1) is 6.61 Å². The Bertz CT molecular complexity index is 585. The van der Waals surface area contributed by atoms with Crippen molar-refractivity contribution in [2.45, 2.75) is 18.8 Å². The summed E-state index contributed by atoms with van der Waals surface area (Å²) in [6.07, 6.45) is 1.04. The lowest BCUT2D eigenvalue weighted by Crippen LogP contribution is -2.29. The van der Waals surface area contributed by atoms with E-state index in [2.05, 4.69) is 22.3 Å². The van der Waals surface area contributed by atoms with Crippen LogP contribution in [0.1, 0.15) is 30.1 Å². The molecule has 1 fully saturated rings. The molecule has 21 heavy (non-hydrogen) atoms. The number of carbonyl (C=O) groups excluding carboxylic acids is 1. The average molecular weight is 287 g/mol. The second-order valence-corrected chi connectivity index (χ2v) is 5.02. The molecule has 0 radical (unpaired) electrons. The Hall–Kier alpha value is -2.37. The Morgan fingerprint density at radius 2 is 2.10 bits per heavy atom. The van der Waals surface area contributed by atoms with Gasteiger partial charge in [0.2, 0.25) is 6.39 Å². The lowest BCUT2D eigenvalue weighted by molar-refractivity contribution is 0.115. The molecule has 0 spiro atoms. The van der Waals surface area contributed by atoms with Gasteiger partial charge in [-0.1, -0.05) is 35.5 Å². The van der Waals surface area contributed by atoms with Crippen molar-refractivity contribution < 1.29 is 14.1 Å². The monoisotopic (exact) mass is 287 g/mol. The Balaban J connectivity index is 1.86. The molecule has 1 aromatic carbocycles. The summed E-state index contributed by atoms with van der Waals surface area (Å²) < 4.78 is 9.96. The highest BCUT2D eigenvalue weighted by Gasteiger charge is 2.39. The molecule has 0 N–H and O–H groups in total. The number of benzene rings is 1. The van der Waals surface area contributed by atoms with E-state index >= 15 is 0 Å². The maximum Gasteiger partial charge on any atom is 0.409 e. The van der Waals surface area contributed by atoms with Gasteiger partial charge >= 0.3 is 6.09 Å². The minimum absolute atomic E-state index is 0.0237. The van der Waals surface area contributed by atoms with Gasteiger partial charge in [0.25, 0.3) is 0 Å². The lowest BCUT2D eigenvalue weighted by Gasteiger charge is -2.15. The van der Waals surface area contributed by atoms with E-state index in [0.717, 1.165) is 0 Å². The van der Waals surface area contributed by atoms with Crippen molar-refractivity contribution in [3.05, 3.63) is 48.1 Å². The summed E-state index contributed by atoms with van der Waals surface area (Å²) in [5.74, 6) is 0.805. The number of ether oxygens (including phenoxy) is 1. The Labute approximate surface area is 122 Å². The number of likely N-dealkylation sites (tertiary alicyclic amines) is 1. The SMILES string of the molecule is CCOC(=O)N1C[C@@H](c2ccccc2)[C@H](c2ncon2)C1. The fraction of sp³-hybridized carbons (Fsp3) is 0.400. The Morgan fingerprint density at radius 1 is 1.33 bits per heavy atom. The first-order chi connectivity index (χ1) is 10.3. The minimum atomic E-state index is -0.288. The molecule has 6 heteroatoms. The van der Waals surface area contributed by atoms with Crippen LogP contribution in [0.5, 0.6) is 0 Å². The quantitative estimate of drug-likeness (QED) is 0.867. The number of nitrogens with zero attached hydrogens (tertiary/aromatic N) is 3. The molecule has 2 aromatic rings. The van der Waals surface area contributed by atoms with Crippen LogP contribution in [-0.2, 0) is 4.74 Å². The standard InChI is InChI=1S/C15H17N3O3/c1-2-20-15(19)18-8-12(11-6-4-3-5-7-11)13(9-18)14-16-10-21-17-14/h3-7,10,12-13H,2,8-9H2,1H3/t12-,13+/m0/s1. The molecule has 3 rings (SSSR count). The summed E-state index contributed by atoms with van der Waals surface area (Å²) in [6, 6.07) is 10.1. The van der Waals surface area contributed by atoms with Crippen molar-refractivity contribution in [3.63, 3.8) is 0 Å². The van der Waals surface area contributed by atoms with Crippen molar-refractivity contribution in [2.75, 3.05) is 19.7 Å². The molecule has 0 unspecified atom stereocenters. The van der Waals surface area contributed by atoms with Gasteiger partial charge in [-0.3, -0.25) is 0 Å². The number of rotatable bonds is 3. The zero-order chi connectivity index (χ0) is 14.7. The van der Waals surface area contributed by atoms with Crippen molar-refractivity contribution in [3.8, 4) is 0 Å². The highest BCUT2D eigenvalue weighted by Crippen LogP contribution is 2.38. The van der Waals surface area contributed by atoms with Crippen LogP contribution in [0, 0.1) is 0 Å². The molecule has 1 amide bonds. The fourth-order valence-corrected chi connectivity index (χ4v) is 2.81. The van der Waals surface area contributed by atoms with E-state index in [9.17, 15) is 4.79 Å². The first kappa shape index (κ1) is 13.6. The third-order valence-electron chi connectivity index (χ3n) is 3.78. The highest BCUT2D eigenvalue weighted by molar-refractivity contribution is 5.68. The van der Waals surface area contributed by atoms with Crippen LogP contribution in [-0.4, -0.2) is 40.8 Å². The van der Waals surface area contributed by atoms with Crippen molar-refractivity contribution in [1.82, 2.24) is 15.0 Å².